The van der Waals surface area contributed by atoms with Crippen molar-refractivity contribution in [3.8, 4) is 0 Å². The standard InChI is InChI=1S/C32H64O6/c33-30(34)28-26-24-22-20-18-16-14-12-10-8-6-4-2-1-3-5-7-9-11-13-15-17-19-21-23-25-27-29-31(35,36)32(30,37)38/h33-38H,1-29H2. The average molecular weight is 545 g/mol. The van der Waals surface area contributed by atoms with Crippen molar-refractivity contribution in [2.75, 3.05) is 0 Å². The lowest BCUT2D eigenvalue weighted by atomic mass is 9.88. The van der Waals surface area contributed by atoms with Gasteiger partial charge in [0.2, 0.25) is 11.6 Å². The Kier molecular flexibility index (Phi) is 20.2. The molecule has 0 unspecified atom stereocenters. The zero-order chi connectivity index (χ0) is 28.0. The highest BCUT2D eigenvalue weighted by molar-refractivity contribution is 4.93. The van der Waals surface area contributed by atoms with Gasteiger partial charge in [-0.2, -0.15) is 0 Å². The third kappa shape index (κ3) is 16.1. The van der Waals surface area contributed by atoms with E-state index in [-0.39, 0.29) is 12.8 Å². The second kappa shape index (κ2) is 21.5. The summed E-state index contributed by atoms with van der Waals surface area (Å²) in [4.78, 5) is 0. The van der Waals surface area contributed by atoms with Crippen molar-refractivity contribution in [1.29, 1.82) is 0 Å². The summed E-state index contributed by atoms with van der Waals surface area (Å²) in [7, 11) is 0. The molecule has 228 valence electrons. The van der Waals surface area contributed by atoms with Crippen LogP contribution in [0.3, 0.4) is 0 Å². The third-order valence-electron chi connectivity index (χ3n) is 8.67. The van der Waals surface area contributed by atoms with E-state index in [1.165, 1.54) is 122 Å². The fourth-order valence-corrected chi connectivity index (χ4v) is 5.83. The Hall–Kier alpha value is -0.240. The highest BCUT2D eigenvalue weighted by Gasteiger charge is 2.60. The molecule has 0 heterocycles. The van der Waals surface area contributed by atoms with E-state index in [9.17, 15) is 30.6 Å². The average Bonchev–Trinajstić information content (AvgIpc) is 2.87. The van der Waals surface area contributed by atoms with Crippen LogP contribution in [0.25, 0.3) is 0 Å². The van der Waals surface area contributed by atoms with Crippen molar-refractivity contribution >= 4 is 0 Å². The summed E-state index contributed by atoms with van der Waals surface area (Å²) < 4.78 is 0. The van der Waals surface area contributed by atoms with E-state index >= 15 is 0 Å². The summed E-state index contributed by atoms with van der Waals surface area (Å²) in [5.74, 6) is -9.36. The van der Waals surface area contributed by atoms with E-state index in [0.29, 0.717) is 12.8 Å². The zero-order valence-corrected chi connectivity index (χ0v) is 24.7. The smallest absolute Gasteiger partial charge is 0.274 e. The molecule has 0 spiro atoms. The van der Waals surface area contributed by atoms with Gasteiger partial charge in [-0.3, -0.25) is 0 Å². The van der Waals surface area contributed by atoms with Crippen LogP contribution in [-0.2, 0) is 0 Å². The van der Waals surface area contributed by atoms with E-state index in [2.05, 4.69) is 0 Å². The fraction of sp³-hybridized carbons (Fsp3) is 1.00. The molecule has 6 N–H and O–H groups in total. The van der Waals surface area contributed by atoms with E-state index < -0.39 is 17.4 Å². The van der Waals surface area contributed by atoms with Gasteiger partial charge < -0.3 is 30.6 Å². The molecule has 1 aliphatic carbocycles. The lowest BCUT2D eigenvalue weighted by molar-refractivity contribution is -0.454. The molecule has 0 aliphatic heterocycles. The molecular formula is C32H64O6. The Morgan fingerprint density at radius 2 is 0.342 bits per heavy atom. The first-order valence-corrected chi connectivity index (χ1v) is 16.5. The van der Waals surface area contributed by atoms with Crippen LogP contribution in [0.2, 0.25) is 0 Å². The van der Waals surface area contributed by atoms with Crippen LogP contribution in [-0.4, -0.2) is 48.0 Å². The molecule has 1 saturated carbocycles. The quantitative estimate of drug-likeness (QED) is 0.177. The molecular weight excluding hydrogens is 480 g/mol. The minimum atomic E-state index is -3.40. The molecule has 0 aromatic carbocycles. The largest absolute Gasteiger partial charge is 0.361 e. The maximum absolute atomic E-state index is 10.3. The van der Waals surface area contributed by atoms with Crippen LogP contribution in [0, 0.1) is 0 Å². The monoisotopic (exact) mass is 544 g/mol. The molecule has 1 aliphatic rings. The van der Waals surface area contributed by atoms with Crippen molar-refractivity contribution in [3.63, 3.8) is 0 Å². The lowest BCUT2D eigenvalue weighted by Gasteiger charge is -2.43. The second-order valence-corrected chi connectivity index (χ2v) is 12.4. The van der Waals surface area contributed by atoms with E-state index in [0.717, 1.165) is 38.5 Å². The molecule has 1 fully saturated rings. The summed E-state index contributed by atoms with van der Waals surface area (Å²) >= 11 is 0. The summed E-state index contributed by atoms with van der Waals surface area (Å²) in [5.41, 5.74) is 0. The summed E-state index contributed by atoms with van der Waals surface area (Å²) in [5, 5.41) is 61.7. The predicted molar refractivity (Wildman–Crippen MR) is 155 cm³/mol. The van der Waals surface area contributed by atoms with Crippen molar-refractivity contribution in [2.24, 2.45) is 0 Å². The summed E-state index contributed by atoms with van der Waals surface area (Å²) in [6.45, 7) is 0. The first kappa shape index (κ1) is 35.8. The minimum Gasteiger partial charge on any atom is -0.361 e. The van der Waals surface area contributed by atoms with Crippen LogP contribution >= 0.6 is 0 Å². The van der Waals surface area contributed by atoms with Crippen LogP contribution in [0.15, 0.2) is 0 Å². The molecule has 6 nitrogen and oxygen atoms in total. The van der Waals surface area contributed by atoms with Gasteiger partial charge in [0.1, 0.15) is 0 Å². The molecule has 0 atom stereocenters. The molecule has 0 amide bonds. The highest BCUT2D eigenvalue weighted by Crippen LogP contribution is 2.35. The summed E-state index contributed by atoms with van der Waals surface area (Å²) in [6, 6.07) is 0. The molecule has 0 bridgehead atoms. The Balaban J connectivity index is 2.38. The number of rotatable bonds is 0. The van der Waals surface area contributed by atoms with E-state index in [1.54, 1.807) is 0 Å². The topological polar surface area (TPSA) is 121 Å². The molecule has 38 heavy (non-hydrogen) atoms. The number of hydrogen-bond donors (Lipinski definition) is 6. The van der Waals surface area contributed by atoms with Gasteiger partial charge >= 0.3 is 0 Å². The van der Waals surface area contributed by atoms with Crippen LogP contribution < -0.4 is 0 Å². The summed E-state index contributed by atoms with van der Waals surface area (Å²) in [6.07, 6.45) is 30.9. The first-order chi connectivity index (χ1) is 18.2. The Morgan fingerprint density at radius 1 is 0.211 bits per heavy atom. The van der Waals surface area contributed by atoms with Gasteiger partial charge in [0.05, 0.1) is 0 Å². The van der Waals surface area contributed by atoms with Crippen molar-refractivity contribution in [2.45, 2.75) is 204 Å². The molecule has 0 aromatic heterocycles. The van der Waals surface area contributed by atoms with Crippen LogP contribution in [0.5, 0.6) is 0 Å². The maximum atomic E-state index is 10.3. The minimum absolute atomic E-state index is 0.317. The Labute approximate surface area is 234 Å². The zero-order valence-electron chi connectivity index (χ0n) is 24.7. The normalized spacial score (nSPS) is 26.4. The first-order valence-electron chi connectivity index (χ1n) is 16.5. The highest BCUT2D eigenvalue weighted by atomic mass is 16.7. The fourth-order valence-electron chi connectivity index (χ4n) is 5.83. The van der Waals surface area contributed by atoms with Gasteiger partial charge in [-0.25, -0.2) is 0 Å². The van der Waals surface area contributed by atoms with Crippen molar-refractivity contribution in [3.05, 3.63) is 0 Å². The van der Waals surface area contributed by atoms with Crippen LogP contribution in [0.4, 0.5) is 0 Å². The number of hydrogen-bond acceptors (Lipinski definition) is 6. The molecule has 0 radical (unpaired) electrons. The van der Waals surface area contributed by atoms with Gasteiger partial charge in [-0.05, 0) is 12.8 Å². The van der Waals surface area contributed by atoms with Gasteiger partial charge in [-0.15, -0.1) is 0 Å². The lowest BCUT2D eigenvalue weighted by Crippen LogP contribution is -2.68. The second-order valence-electron chi connectivity index (χ2n) is 12.4. The van der Waals surface area contributed by atoms with Gasteiger partial charge in [0.15, 0.2) is 0 Å². The SMILES string of the molecule is OC1(O)CCCCCCCCCCCCCCCCCCCCCCCCCCCCCC(O)(O)C1(O)O. The van der Waals surface area contributed by atoms with E-state index in [1.807, 2.05) is 0 Å². The van der Waals surface area contributed by atoms with Crippen LogP contribution in [0.1, 0.15) is 186 Å². The van der Waals surface area contributed by atoms with Gasteiger partial charge in [-0.1, -0.05) is 161 Å². The maximum Gasteiger partial charge on any atom is 0.274 e. The Bertz CT molecular complexity index is 490. The predicted octanol–water partition coefficient (Wildman–Crippen LogP) is 7.36. The van der Waals surface area contributed by atoms with Gasteiger partial charge in [0.25, 0.3) is 5.79 Å². The van der Waals surface area contributed by atoms with Crippen molar-refractivity contribution in [1.82, 2.24) is 0 Å². The molecule has 0 aromatic rings. The third-order valence-corrected chi connectivity index (χ3v) is 8.67. The number of aliphatic hydroxyl groups is 6. The molecule has 0 saturated heterocycles. The molecule has 1 rings (SSSR count). The van der Waals surface area contributed by atoms with Gasteiger partial charge in [0, 0.05) is 12.8 Å². The Morgan fingerprint density at radius 3 is 0.500 bits per heavy atom. The van der Waals surface area contributed by atoms with Crippen molar-refractivity contribution < 1.29 is 30.6 Å². The van der Waals surface area contributed by atoms with E-state index in [4.69, 9.17) is 0 Å². The molecule has 6 heteroatoms.